The highest BCUT2D eigenvalue weighted by atomic mass is 19.1. The summed E-state index contributed by atoms with van der Waals surface area (Å²) < 4.78 is 33.2. The molecule has 1 saturated heterocycles. The lowest BCUT2D eigenvalue weighted by atomic mass is 9.99. The Morgan fingerprint density at radius 2 is 1.80 bits per heavy atom. The lowest BCUT2D eigenvalue weighted by Crippen LogP contribution is -2.41. The Labute approximate surface area is 256 Å². The number of aromatic nitrogens is 1. The topological polar surface area (TPSA) is 116 Å². The third kappa shape index (κ3) is 7.08. The molecule has 0 spiro atoms. The second-order valence-corrected chi connectivity index (χ2v) is 11.1. The summed E-state index contributed by atoms with van der Waals surface area (Å²) in [7, 11) is 1.56. The first-order chi connectivity index (χ1) is 21.2. The van der Waals surface area contributed by atoms with Crippen molar-refractivity contribution in [2.45, 2.75) is 33.1 Å². The number of nitrogens with one attached hydrogen (secondary N) is 1. The Kier molecular flexibility index (Phi) is 9.59. The molecule has 10 heteroatoms. The first-order valence-electron chi connectivity index (χ1n) is 14.7. The van der Waals surface area contributed by atoms with Gasteiger partial charge in [-0.15, -0.1) is 0 Å². The number of benzene rings is 3. The third-order valence-electron chi connectivity index (χ3n) is 7.93. The average Bonchev–Trinajstić information content (AvgIpc) is 3.02. The minimum absolute atomic E-state index is 0.0627. The quantitative estimate of drug-likeness (QED) is 0.240. The molecule has 2 amide bonds. The summed E-state index contributed by atoms with van der Waals surface area (Å²) in [6, 6.07) is 15.3. The molecule has 0 bridgehead atoms. The van der Waals surface area contributed by atoms with Gasteiger partial charge in [0, 0.05) is 35.9 Å². The van der Waals surface area contributed by atoms with E-state index in [-0.39, 0.29) is 18.0 Å². The van der Waals surface area contributed by atoms with Crippen LogP contribution in [-0.2, 0) is 16.0 Å². The highest BCUT2D eigenvalue weighted by Gasteiger charge is 2.23. The van der Waals surface area contributed by atoms with Gasteiger partial charge >= 0.3 is 11.8 Å². The van der Waals surface area contributed by atoms with Gasteiger partial charge in [0.05, 0.1) is 19.2 Å². The van der Waals surface area contributed by atoms with Gasteiger partial charge in [-0.3, -0.25) is 14.6 Å². The molecule has 1 aliphatic rings. The van der Waals surface area contributed by atoms with Crippen LogP contribution in [0, 0.1) is 25.6 Å². The summed E-state index contributed by atoms with van der Waals surface area (Å²) in [6.45, 7) is 6.67. The van der Waals surface area contributed by atoms with Gasteiger partial charge < -0.3 is 30.2 Å². The van der Waals surface area contributed by atoms with E-state index in [4.69, 9.17) is 19.9 Å². The van der Waals surface area contributed by atoms with E-state index >= 15 is 4.39 Å². The van der Waals surface area contributed by atoms with E-state index < -0.39 is 17.6 Å². The molecule has 0 saturated carbocycles. The van der Waals surface area contributed by atoms with Gasteiger partial charge in [-0.25, -0.2) is 4.39 Å². The number of hydrogen-bond acceptors (Lipinski definition) is 7. The first-order valence-corrected chi connectivity index (χ1v) is 14.7. The molecular weight excluding hydrogens is 563 g/mol. The molecule has 1 aliphatic heterocycles. The smallest absolute Gasteiger partial charge is 0.316 e. The van der Waals surface area contributed by atoms with Gasteiger partial charge in [0.15, 0.2) is 23.1 Å². The molecule has 3 aromatic carbocycles. The number of nitrogens with two attached hydrogens (primary N) is 1. The number of hydrogen-bond donors (Lipinski definition) is 2. The number of piperidine rings is 1. The highest BCUT2D eigenvalue weighted by molar-refractivity contribution is 6.39. The Balaban J connectivity index is 1.37. The largest absolute Gasteiger partial charge is 0.493 e. The van der Waals surface area contributed by atoms with Crippen LogP contribution in [0.1, 0.15) is 29.5 Å². The van der Waals surface area contributed by atoms with Crippen molar-refractivity contribution in [1.29, 1.82) is 0 Å². The molecule has 3 N–H and O–H groups in total. The fraction of sp³-hybridized carbons (Fsp3) is 0.324. The highest BCUT2D eigenvalue weighted by Crippen LogP contribution is 2.38. The SMILES string of the molecule is COc1cc2c(Oc3ccc(N(CCc4ccc(C)cc4C)C(=O)C(N)=O)cc3F)ccnc2cc1OCC1CCNCC1. The number of aryl methyl sites for hydroxylation is 2. The maximum Gasteiger partial charge on any atom is 0.316 e. The predicted molar refractivity (Wildman–Crippen MR) is 167 cm³/mol. The summed E-state index contributed by atoms with van der Waals surface area (Å²) >= 11 is 0. The number of pyridine rings is 1. The average molecular weight is 601 g/mol. The Morgan fingerprint density at radius 1 is 1.00 bits per heavy atom. The van der Waals surface area contributed by atoms with Crippen LogP contribution in [0.15, 0.2) is 60.8 Å². The molecule has 0 unspecified atom stereocenters. The molecule has 0 radical (unpaired) electrons. The van der Waals surface area contributed by atoms with Gasteiger partial charge in [-0.2, -0.15) is 0 Å². The molecule has 230 valence electrons. The molecule has 44 heavy (non-hydrogen) atoms. The predicted octanol–water partition coefficient (Wildman–Crippen LogP) is 5.23. The minimum Gasteiger partial charge on any atom is -0.493 e. The number of carbonyl (C=O) groups excluding carboxylic acids is 2. The van der Waals surface area contributed by atoms with E-state index in [1.54, 1.807) is 31.5 Å². The second-order valence-electron chi connectivity index (χ2n) is 11.1. The van der Waals surface area contributed by atoms with Crippen LogP contribution in [0.2, 0.25) is 0 Å². The van der Waals surface area contributed by atoms with E-state index in [1.807, 2.05) is 32.0 Å². The lowest BCUT2D eigenvalue weighted by molar-refractivity contribution is -0.135. The Hall–Kier alpha value is -4.70. The van der Waals surface area contributed by atoms with Crippen LogP contribution in [0.4, 0.5) is 10.1 Å². The molecule has 5 rings (SSSR count). The molecule has 1 aromatic heterocycles. The van der Waals surface area contributed by atoms with Gasteiger partial charge in [0.25, 0.3) is 0 Å². The van der Waals surface area contributed by atoms with Crippen molar-refractivity contribution in [1.82, 2.24) is 10.3 Å². The molecule has 9 nitrogen and oxygen atoms in total. The van der Waals surface area contributed by atoms with E-state index in [2.05, 4.69) is 10.3 Å². The van der Waals surface area contributed by atoms with Crippen molar-refractivity contribution in [3.8, 4) is 23.0 Å². The number of fused-ring (bicyclic) bond motifs is 1. The number of primary amides is 1. The molecule has 4 aromatic rings. The number of anilines is 1. The fourth-order valence-corrected chi connectivity index (χ4v) is 5.44. The second kappa shape index (κ2) is 13.7. The normalized spacial score (nSPS) is 13.5. The van der Waals surface area contributed by atoms with Crippen LogP contribution in [0.25, 0.3) is 10.9 Å². The van der Waals surface area contributed by atoms with E-state index in [9.17, 15) is 9.59 Å². The van der Waals surface area contributed by atoms with Crippen LogP contribution >= 0.6 is 0 Å². The Morgan fingerprint density at radius 3 is 2.50 bits per heavy atom. The van der Waals surface area contributed by atoms with E-state index in [0.29, 0.717) is 47.1 Å². The fourth-order valence-electron chi connectivity index (χ4n) is 5.44. The zero-order valence-corrected chi connectivity index (χ0v) is 25.2. The number of methoxy groups -OCH3 is 1. The maximum absolute atomic E-state index is 15.5. The zero-order chi connectivity index (χ0) is 31.2. The molecule has 0 atom stereocenters. The van der Waals surface area contributed by atoms with Crippen molar-refractivity contribution in [2.24, 2.45) is 11.7 Å². The standard InChI is InChI=1S/C34H37FN4O5/c1-21-4-5-24(22(2)16-21)11-15-39(34(41)33(36)40)25-6-7-30(27(35)17-25)44-29-10-14-38-28-19-32(31(42-3)18-26(28)29)43-20-23-8-12-37-13-9-23/h4-7,10,14,16-19,23,37H,8-9,11-13,15,20H2,1-3H3,(H2,36,40). The number of rotatable bonds is 10. The van der Waals surface area contributed by atoms with Crippen LogP contribution < -0.4 is 30.2 Å². The summed E-state index contributed by atoms with van der Waals surface area (Å²) in [5.41, 5.74) is 9.32. The summed E-state index contributed by atoms with van der Waals surface area (Å²) in [5.74, 6) is -0.891. The van der Waals surface area contributed by atoms with Crippen molar-refractivity contribution in [2.75, 3.05) is 38.3 Å². The van der Waals surface area contributed by atoms with Crippen molar-refractivity contribution < 1.29 is 28.2 Å². The van der Waals surface area contributed by atoms with E-state index in [1.165, 1.54) is 17.0 Å². The maximum atomic E-state index is 15.5. The van der Waals surface area contributed by atoms with Gasteiger partial charge in [0.1, 0.15) is 5.75 Å². The van der Waals surface area contributed by atoms with Crippen LogP contribution in [0.3, 0.4) is 0 Å². The Bertz CT molecular complexity index is 1670. The molecule has 2 heterocycles. The summed E-state index contributed by atoms with van der Waals surface area (Å²) in [6.07, 6.45) is 4.14. The zero-order valence-electron chi connectivity index (χ0n) is 25.2. The van der Waals surface area contributed by atoms with E-state index in [0.717, 1.165) is 48.7 Å². The molecule has 1 fully saturated rings. The van der Waals surface area contributed by atoms with Crippen molar-refractivity contribution in [3.63, 3.8) is 0 Å². The number of halogens is 1. The lowest BCUT2D eigenvalue weighted by Gasteiger charge is -2.23. The minimum atomic E-state index is -1.12. The number of ether oxygens (including phenoxy) is 3. The van der Waals surface area contributed by atoms with Crippen molar-refractivity contribution in [3.05, 3.63) is 83.3 Å². The van der Waals surface area contributed by atoms with Crippen molar-refractivity contribution >= 4 is 28.4 Å². The molecule has 0 aliphatic carbocycles. The number of carbonyl (C=O) groups is 2. The summed E-state index contributed by atoms with van der Waals surface area (Å²) in [5, 5.41) is 3.97. The van der Waals surface area contributed by atoms with Crippen LogP contribution in [0.5, 0.6) is 23.0 Å². The number of amides is 2. The van der Waals surface area contributed by atoms with Gasteiger partial charge in [-0.05, 0) is 87.5 Å². The number of nitrogens with zero attached hydrogens (tertiary/aromatic N) is 2. The first kappa shape index (κ1) is 30.7. The monoisotopic (exact) mass is 600 g/mol. The van der Waals surface area contributed by atoms with Crippen LogP contribution in [-0.4, -0.2) is 50.1 Å². The van der Waals surface area contributed by atoms with Gasteiger partial charge in [0.2, 0.25) is 0 Å². The van der Waals surface area contributed by atoms with Gasteiger partial charge in [-0.1, -0.05) is 23.8 Å². The molecular formula is C34H37FN4O5. The summed E-state index contributed by atoms with van der Waals surface area (Å²) in [4.78, 5) is 30.2. The third-order valence-corrected chi connectivity index (χ3v) is 7.93.